The number of nitrogens with two attached hydrogens (primary N) is 1. The number of thioether (sulfide) groups is 1. The molecular weight excluding hydrogens is 264 g/mol. The molecule has 4 N–H and O–H groups in total. The van der Waals surface area contributed by atoms with Gasteiger partial charge in [-0.25, -0.2) is 0 Å². The number of aliphatic carboxylic acids is 1. The summed E-state index contributed by atoms with van der Waals surface area (Å²) in [5.41, 5.74) is 5.48. The molecule has 1 aliphatic rings. The lowest BCUT2D eigenvalue weighted by molar-refractivity contribution is -0.139. The smallest absolute Gasteiger partial charge is 0.305 e. The Bertz CT molecular complexity index is 365. The highest BCUT2D eigenvalue weighted by Gasteiger charge is 2.33. The van der Waals surface area contributed by atoms with E-state index in [4.69, 9.17) is 10.8 Å². The molecule has 0 aromatic carbocycles. The van der Waals surface area contributed by atoms with Crippen LogP contribution in [0, 0.1) is 5.92 Å². The number of carbonyl (C=O) groups is 2. The fraction of sp³-hybridized carbons (Fsp3) is 0.692. The molecule has 19 heavy (non-hydrogen) atoms. The zero-order valence-electron chi connectivity index (χ0n) is 11.5. The second kappa shape index (κ2) is 6.96. The van der Waals surface area contributed by atoms with Crippen molar-refractivity contribution < 1.29 is 14.7 Å². The monoisotopic (exact) mass is 286 g/mol. The largest absolute Gasteiger partial charge is 0.481 e. The average Bonchev–Trinajstić information content (AvgIpc) is 2.27. The van der Waals surface area contributed by atoms with E-state index in [-0.39, 0.29) is 12.5 Å². The number of amides is 1. The highest BCUT2D eigenvalue weighted by molar-refractivity contribution is 8.01. The van der Waals surface area contributed by atoms with Gasteiger partial charge in [-0.3, -0.25) is 9.59 Å². The molecule has 1 rings (SSSR count). The summed E-state index contributed by atoms with van der Waals surface area (Å²) in [5.74, 6) is -0.958. The second-order valence-electron chi connectivity index (χ2n) is 5.01. The van der Waals surface area contributed by atoms with Crippen LogP contribution in [0.5, 0.6) is 0 Å². The molecule has 6 heteroatoms. The third kappa shape index (κ3) is 4.87. The maximum absolute atomic E-state index is 11.6. The van der Waals surface area contributed by atoms with E-state index in [1.54, 1.807) is 0 Å². The predicted octanol–water partition coefficient (Wildman–Crippen LogP) is 0.989. The van der Waals surface area contributed by atoms with Crippen molar-refractivity contribution >= 4 is 23.6 Å². The van der Waals surface area contributed by atoms with Crippen molar-refractivity contribution in [3.05, 3.63) is 12.2 Å². The van der Waals surface area contributed by atoms with Crippen LogP contribution in [0.4, 0.5) is 0 Å². The van der Waals surface area contributed by atoms with Gasteiger partial charge in [0.2, 0.25) is 5.91 Å². The predicted molar refractivity (Wildman–Crippen MR) is 77.0 cm³/mol. The summed E-state index contributed by atoms with van der Waals surface area (Å²) in [6.45, 7) is 6.22. The van der Waals surface area contributed by atoms with Crippen molar-refractivity contribution in [2.75, 3.05) is 0 Å². The van der Waals surface area contributed by atoms with Crippen LogP contribution in [0.3, 0.4) is 0 Å². The number of allylic oxidation sites excluding steroid dienone is 1. The van der Waals surface area contributed by atoms with Gasteiger partial charge in [-0.05, 0) is 6.92 Å². The van der Waals surface area contributed by atoms with Crippen LogP contribution in [0.1, 0.15) is 27.2 Å². The Labute approximate surface area is 118 Å². The Balaban J connectivity index is 2.38. The first-order valence-corrected chi connectivity index (χ1v) is 7.37. The van der Waals surface area contributed by atoms with Gasteiger partial charge in [0.25, 0.3) is 0 Å². The minimum absolute atomic E-state index is 0.141. The normalized spacial score (nSPS) is 26.7. The van der Waals surface area contributed by atoms with Crippen LogP contribution >= 0.6 is 11.8 Å². The maximum Gasteiger partial charge on any atom is 0.305 e. The van der Waals surface area contributed by atoms with Crippen molar-refractivity contribution in [2.24, 2.45) is 11.7 Å². The first kappa shape index (κ1) is 16.0. The van der Waals surface area contributed by atoms with Gasteiger partial charge < -0.3 is 16.2 Å². The third-order valence-corrected chi connectivity index (χ3v) is 4.72. The molecule has 0 bridgehead atoms. The summed E-state index contributed by atoms with van der Waals surface area (Å²) in [4.78, 5) is 22.1. The summed E-state index contributed by atoms with van der Waals surface area (Å²) in [5, 5.41) is 12.5. The molecule has 0 spiro atoms. The van der Waals surface area contributed by atoms with Crippen molar-refractivity contribution in [1.82, 2.24) is 5.32 Å². The van der Waals surface area contributed by atoms with E-state index < -0.39 is 17.9 Å². The van der Waals surface area contributed by atoms with Gasteiger partial charge in [0.05, 0.1) is 12.5 Å². The highest BCUT2D eigenvalue weighted by Crippen LogP contribution is 2.42. The van der Waals surface area contributed by atoms with E-state index >= 15 is 0 Å². The number of rotatable bonds is 6. The summed E-state index contributed by atoms with van der Waals surface area (Å²) in [6, 6.07) is -1.14. The number of nitrogens with one attached hydrogen (secondary N) is 1. The van der Waals surface area contributed by atoms with Crippen LogP contribution < -0.4 is 11.1 Å². The van der Waals surface area contributed by atoms with Crippen LogP contribution in [0.2, 0.25) is 0 Å². The molecule has 0 saturated carbocycles. The zero-order chi connectivity index (χ0) is 14.6. The van der Waals surface area contributed by atoms with Gasteiger partial charge >= 0.3 is 5.97 Å². The lowest BCUT2D eigenvalue weighted by atomic mass is 9.99. The van der Waals surface area contributed by atoms with Crippen LogP contribution in [0.15, 0.2) is 12.2 Å². The molecule has 1 heterocycles. The third-order valence-electron chi connectivity index (χ3n) is 3.24. The fourth-order valence-corrected chi connectivity index (χ4v) is 3.50. The van der Waals surface area contributed by atoms with E-state index in [0.29, 0.717) is 16.4 Å². The van der Waals surface area contributed by atoms with Gasteiger partial charge in [0.1, 0.15) is 0 Å². The van der Waals surface area contributed by atoms with Crippen LogP contribution in [-0.2, 0) is 9.59 Å². The molecular formula is C13H22N2O3S. The van der Waals surface area contributed by atoms with Gasteiger partial charge in [-0.2, -0.15) is 11.8 Å². The molecule has 4 atom stereocenters. The average molecular weight is 286 g/mol. The van der Waals surface area contributed by atoms with E-state index in [1.165, 1.54) is 0 Å². The fourth-order valence-electron chi connectivity index (χ4n) is 2.08. The Morgan fingerprint density at radius 2 is 2.00 bits per heavy atom. The standard InChI is InChI=1S/C13H22N2O3S/c1-7(4-5-10-8(2)19-9(10)3)15-13(18)11(14)6-12(16)17/h4-5,7-11H,6,14H2,1-3H3,(H,15,18)(H,16,17)/t7?,8-,9-,11+/m1/s1. The van der Waals surface area contributed by atoms with Crippen molar-refractivity contribution in [2.45, 2.75) is 49.8 Å². The lowest BCUT2D eigenvalue weighted by Gasteiger charge is -2.38. The zero-order valence-corrected chi connectivity index (χ0v) is 12.3. The van der Waals surface area contributed by atoms with Gasteiger partial charge in [-0.15, -0.1) is 0 Å². The molecule has 1 unspecified atom stereocenters. The van der Waals surface area contributed by atoms with Crippen molar-refractivity contribution in [1.29, 1.82) is 0 Å². The Hall–Kier alpha value is -1.01. The molecule has 0 aromatic rings. The molecule has 0 radical (unpaired) electrons. The number of carbonyl (C=O) groups excluding carboxylic acids is 1. The van der Waals surface area contributed by atoms with Gasteiger partial charge in [0.15, 0.2) is 0 Å². The van der Waals surface area contributed by atoms with Gasteiger partial charge in [-0.1, -0.05) is 26.0 Å². The minimum atomic E-state index is -1.07. The first-order chi connectivity index (χ1) is 8.81. The second-order valence-corrected chi connectivity index (χ2v) is 6.77. The molecule has 1 aliphatic heterocycles. The minimum Gasteiger partial charge on any atom is -0.481 e. The molecule has 108 valence electrons. The van der Waals surface area contributed by atoms with E-state index in [9.17, 15) is 9.59 Å². The topological polar surface area (TPSA) is 92.4 Å². The van der Waals surface area contributed by atoms with Crippen LogP contribution in [0.25, 0.3) is 0 Å². The molecule has 1 saturated heterocycles. The molecule has 1 amide bonds. The maximum atomic E-state index is 11.6. The lowest BCUT2D eigenvalue weighted by Crippen LogP contribution is -2.45. The summed E-state index contributed by atoms with van der Waals surface area (Å²) >= 11 is 1.94. The van der Waals surface area contributed by atoms with E-state index in [2.05, 4.69) is 25.2 Å². The molecule has 1 fully saturated rings. The number of carboxylic acid groups (broad SMARTS) is 1. The summed E-state index contributed by atoms with van der Waals surface area (Å²) < 4.78 is 0. The van der Waals surface area contributed by atoms with Crippen LogP contribution in [-0.4, -0.2) is 39.6 Å². The quantitative estimate of drug-likeness (QED) is 0.633. The van der Waals surface area contributed by atoms with Crippen molar-refractivity contribution in [3.8, 4) is 0 Å². The van der Waals surface area contributed by atoms with E-state index in [1.807, 2.05) is 24.8 Å². The van der Waals surface area contributed by atoms with Crippen molar-refractivity contribution in [3.63, 3.8) is 0 Å². The molecule has 5 nitrogen and oxygen atoms in total. The molecule has 0 aromatic heterocycles. The van der Waals surface area contributed by atoms with E-state index in [0.717, 1.165) is 0 Å². The molecule has 0 aliphatic carbocycles. The summed E-state index contributed by atoms with van der Waals surface area (Å²) in [6.07, 6.45) is 3.72. The number of hydrogen-bond donors (Lipinski definition) is 3. The Morgan fingerprint density at radius 3 is 2.47 bits per heavy atom. The number of hydrogen-bond acceptors (Lipinski definition) is 4. The van der Waals surface area contributed by atoms with Gasteiger partial charge in [0, 0.05) is 22.5 Å². The Morgan fingerprint density at radius 1 is 1.42 bits per heavy atom. The summed E-state index contributed by atoms with van der Waals surface area (Å²) in [7, 11) is 0. The highest BCUT2D eigenvalue weighted by atomic mass is 32.2. The number of carboxylic acids is 1. The first-order valence-electron chi connectivity index (χ1n) is 6.42. The Kier molecular flexibility index (Phi) is 5.87. The SMILES string of the molecule is CC(C=CC1[C@@H](C)S[C@@H]1C)NC(=O)[C@@H](N)CC(=O)O.